The molecule has 0 unspecified atom stereocenters. The summed E-state index contributed by atoms with van der Waals surface area (Å²) in [4.78, 5) is 25.8. The van der Waals surface area contributed by atoms with E-state index in [-0.39, 0.29) is 11.8 Å². The lowest BCUT2D eigenvalue weighted by atomic mass is 10.1. The molecule has 4 nitrogen and oxygen atoms in total. The van der Waals surface area contributed by atoms with E-state index in [0.29, 0.717) is 25.9 Å². The van der Waals surface area contributed by atoms with Crippen molar-refractivity contribution in [1.29, 1.82) is 0 Å². The van der Waals surface area contributed by atoms with Crippen molar-refractivity contribution in [3.63, 3.8) is 0 Å². The lowest BCUT2D eigenvalue weighted by molar-refractivity contribution is -0.130. The summed E-state index contributed by atoms with van der Waals surface area (Å²) in [6, 6.07) is 15.8. The number of nitrogens with one attached hydrogen (secondary N) is 1. The molecule has 1 heterocycles. The molecule has 1 N–H and O–H groups in total. The van der Waals surface area contributed by atoms with Gasteiger partial charge >= 0.3 is 0 Å². The summed E-state index contributed by atoms with van der Waals surface area (Å²) in [5.74, 6) is 0.122. The molecule has 0 saturated heterocycles. The van der Waals surface area contributed by atoms with Gasteiger partial charge in [-0.1, -0.05) is 42.5 Å². The van der Waals surface area contributed by atoms with E-state index in [4.69, 9.17) is 0 Å². The molecule has 3 rings (SSSR count). The highest BCUT2D eigenvalue weighted by Crippen LogP contribution is 2.24. The van der Waals surface area contributed by atoms with E-state index < -0.39 is 0 Å². The van der Waals surface area contributed by atoms with Crippen molar-refractivity contribution in [1.82, 2.24) is 4.90 Å². The maximum atomic E-state index is 12.6. The van der Waals surface area contributed by atoms with Crippen molar-refractivity contribution < 1.29 is 9.59 Å². The van der Waals surface area contributed by atoms with Crippen LogP contribution in [0.5, 0.6) is 0 Å². The van der Waals surface area contributed by atoms with Gasteiger partial charge in [-0.3, -0.25) is 9.59 Å². The Morgan fingerprint density at radius 1 is 1.13 bits per heavy atom. The number of carbonyl (C=O) groups excluding carboxylic acids is 2. The van der Waals surface area contributed by atoms with Crippen LogP contribution in [-0.4, -0.2) is 23.3 Å². The standard InChI is InChI=1S/C19H20N2O2/c1-2-21(13-14-6-4-3-5-7-14)19(23)11-15-8-9-17-16(10-15)12-18(22)20-17/h3-10H,2,11-13H2,1H3,(H,20,22). The van der Waals surface area contributed by atoms with Crippen LogP contribution in [-0.2, 0) is 29.0 Å². The summed E-state index contributed by atoms with van der Waals surface area (Å²) in [6.45, 7) is 3.30. The zero-order valence-electron chi connectivity index (χ0n) is 13.2. The Morgan fingerprint density at radius 3 is 2.65 bits per heavy atom. The lowest BCUT2D eigenvalue weighted by Crippen LogP contribution is -2.31. The monoisotopic (exact) mass is 308 g/mol. The lowest BCUT2D eigenvalue weighted by Gasteiger charge is -2.21. The summed E-state index contributed by atoms with van der Waals surface area (Å²) >= 11 is 0. The number of carbonyl (C=O) groups is 2. The topological polar surface area (TPSA) is 49.4 Å². The van der Waals surface area contributed by atoms with Crippen LogP contribution < -0.4 is 5.32 Å². The second kappa shape index (κ2) is 6.65. The highest BCUT2D eigenvalue weighted by molar-refractivity contribution is 5.99. The van der Waals surface area contributed by atoms with Gasteiger partial charge < -0.3 is 10.2 Å². The predicted molar refractivity (Wildman–Crippen MR) is 90.0 cm³/mol. The summed E-state index contributed by atoms with van der Waals surface area (Å²) in [5.41, 5.74) is 3.93. The van der Waals surface area contributed by atoms with Gasteiger partial charge in [-0.15, -0.1) is 0 Å². The van der Waals surface area contributed by atoms with Gasteiger partial charge in [-0.2, -0.15) is 0 Å². The number of nitrogens with zero attached hydrogens (tertiary/aromatic N) is 1. The molecule has 0 saturated carbocycles. The molecule has 2 amide bonds. The Hall–Kier alpha value is -2.62. The van der Waals surface area contributed by atoms with Crippen LogP contribution >= 0.6 is 0 Å². The fraction of sp³-hybridized carbons (Fsp3) is 0.263. The number of hydrogen-bond donors (Lipinski definition) is 1. The molecule has 1 aliphatic heterocycles. The Balaban J connectivity index is 1.68. The molecule has 0 spiro atoms. The highest BCUT2D eigenvalue weighted by Gasteiger charge is 2.19. The van der Waals surface area contributed by atoms with Gasteiger partial charge in [-0.05, 0) is 29.7 Å². The van der Waals surface area contributed by atoms with Crippen LogP contribution in [0.25, 0.3) is 0 Å². The van der Waals surface area contributed by atoms with Crippen LogP contribution in [0.15, 0.2) is 48.5 Å². The fourth-order valence-corrected chi connectivity index (χ4v) is 2.86. The number of anilines is 1. The number of hydrogen-bond acceptors (Lipinski definition) is 2. The molecule has 0 aromatic heterocycles. The zero-order chi connectivity index (χ0) is 16.2. The highest BCUT2D eigenvalue weighted by atomic mass is 16.2. The predicted octanol–water partition coefficient (Wildman–Crippen LogP) is 2.77. The van der Waals surface area contributed by atoms with Gasteiger partial charge in [0, 0.05) is 18.8 Å². The Bertz CT molecular complexity index is 725. The molecule has 0 atom stereocenters. The molecule has 2 aromatic carbocycles. The van der Waals surface area contributed by atoms with E-state index in [2.05, 4.69) is 5.32 Å². The molecule has 0 fully saturated rings. The van der Waals surface area contributed by atoms with E-state index in [9.17, 15) is 9.59 Å². The molecule has 1 aliphatic rings. The van der Waals surface area contributed by atoms with E-state index in [1.807, 2.05) is 60.4 Å². The molecular weight excluding hydrogens is 288 g/mol. The SMILES string of the molecule is CCN(Cc1ccccc1)C(=O)Cc1ccc2c(c1)CC(=O)N2. The second-order valence-electron chi connectivity index (χ2n) is 5.79. The van der Waals surface area contributed by atoms with Gasteiger partial charge in [0.15, 0.2) is 0 Å². The Labute approximate surface area is 136 Å². The molecule has 0 bridgehead atoms. The van der Waals surface area contributed by atoms with Crippen LogP contribution in [0.3, 0.4) is 0 Å². The summed E-state index contributed by atoms with van der Waals surface area (Å²) in [7, 11) is 0. The number of rotatable bonds is 5. The number of fused-ring (bicyclic) bond motifs is 1. The van der Waals surface area contributed by atoms with Gasteiger partial charge in [0.1, 0.15) is 0 Å². The van der Waals surface area contributed by atoms with E-state index in [0.717, 1.165) is 22.4 Å². The molecule has 0 radical (unpaired) electrons. The zero-order valence-corrected chi connectivity index (χ0v) is 13.2. The number of amides is 2. The van der Waals surface area contributed by atoms with Crippen molar-refractivity contribution in [3.8, 4) is 0 Å². The quantitative estimate of drug-likeness (QED) is 0.923. The van der Waals surface area contributed by atoms with Crippen molar-refractivity contribution >= 4 is 17.5 Å². The first-order chi connectivity index (χ1) is 11.2. The van der Waals surface area contributed by atoms with E-state index in [1.165, 1.54) is 0 Å². The van der Waals surface area contributed by atoms with Crippen molar-refractivity contribution in [3.05, 3.63) is 65.2 Å². The normalized spacial score (nSPS) is 12.7. The van der Waals surface area contributed by atoms with Gasteiger partial charge in [0.2, 0.25) is 11.8 Å². The van der Waals surface area contributed by atoms with Crippen molar-refractivity contribution in [2.45, 2.75) is 26.3 Å². The van der Waals surface area contributed by atoms with Crippen LogP contribution in [0.1, 0.15) is 23.6 Å². The Morgan fingerprint density at radius 2 is 1.91 bits per heavy atom. The first kappa shape index (κ1) is 15.3. The largest absolute Gasteiger partial charge is 0.338 e. The molecule has 0 aliphatic carbocycles. The van der Waals surface area contributed by atoms with Gasteiger partial charge in [-0.25, -0.2) is 0 Å². The number of benzene rings is 2. The minimum atomic E-state index is 0.0164. The third kappa shape index (κ3) is 3.59. The smallest absolute Gasteiger partial charge is 0.228 e. The minimum Gasteiger partial charge on any atom is -0.338 e. The summed E-state index contributed by atoms with van der Waals surface area (Å²) < 4.78 is 0. The molecule has 4 heteroatoms. The number of likely N-dealkylation sites (N-methyl/N-ethyl adjacent to an activating group) is 1. The van der Waals surface area contributed by atoms with Crippen molar-refractivity contribution in [2.24, 2.45) is 0 Å². The van der Waals surface area contributed by atoms with Crippen LogP contribution in [0.2, 0.25) is 0 Å². The third-order valence-electron chi connectivity index (χ3n) is 4.10. The fourth-order valence-electron chi connectivity index (χ4n) is 2.86. The second-order valence-corrected chi connectivity index (χ2v) is 5.79. The van der Waals surface area contributed by atoms with Crippen molar-refractivity contribution in [2.75, 3.05) is 11.9 Å². The first-order valence-corrected chi connectivity index (χ1v) is 7.89. The summed E-state index contributed by atoms with van der Waals surface area (Å²) in [5, 5.41) is 2.81. The van der Waals surface area contributed by atoms with E-state index in [1.54, 1.807) is 0 Å². The minimum absolute atomic E-state index is 0.0164. The Kier molecular flexibility index (Phi) is 4.42. The maximum absolute atomic E-state index is 12.6. The van der Waals surface area contributed by atoms with Crippen LogP contribution in [0, 0.1) is 0 Å². The first-order valence-electron chi connectivity index (χ1n) is 7.89. The summed E-state index contributed by atoms with van der Waals surface area (Å²) in [6.07, 6.45) is 0.765. The molecular formula is C19H20N2O2. The van der Waals surface area contributed by atoms with Gasteiger partial charge in [0.25, 0.3) is 0 Å². The molecule has 23 heavy (non-hydrogen) atoms. The van der Waals surface area contributed by atoms with Crippen LogP contribution in [0.4, 0.5) is 5.69 Å². The van der Waals surface area contributed by atoms with E-state index >= 15 is 0 Å². The molecule has 2 aromatic rings. The molecule has 118 valence electrons. The van der Waals surface area contributed by atoms with Gasteiger partial charge in [0.05, 0.1) is 12.8 Å². The third-order valence-corrected chi connectivity index (χ3v) is 4.10. The maximum Gasteiger partial charge on any atom is 0.228 e. The average Bonchev–Trinajstić information content (AvgIpc) is 2.92. The average molecular weight is 308 g/mol.